The normalized spacial score (nSPS) is 11.0. The number of carbonyl (C=O) groups excluding carboxylic acids is 1. The van der Waals surface area contributed by atoms with Gasteiger partial charge in [-0.3, -0.25) is 4.79 Å². The highest BCUT2D eigenvalue weighted by molar-refractivity contribution is 5.95. The van der Waals surface area contributed by atoms with Gasteiger partial charge in [-0.05, 0) is 48.9 Å². The third-order valence-electron chi connectivity index (χ3n) is 4.84. The van der Waals surface area contributed by atoms with Gasteiger partial charge in [-0.2, -0.15) is 0 Å². The van der Waals surface area contributed by atoms with Gasteiger partial charge in [-0.15, -0.1) is 0 Å². The van der Waals surface area contributed by atoms with Crippen molar-refractivity contribution in [3.8, 4) is 11.1 Å². The number of aryl methyl sites for hydroxylation is 1. The summed E-state index contributed by atoms with van der Waals surface area (Å²) in [7, 11) is 0. The summed E-state index contributed by atoms with van der Waals surface area (Å²) in [6, 6.07) is 17.8. The zero-order chi connectivity index (χ0) is 20.4. The first-order chi connectivity index (χ1) is 14.0. The van der Waals surface area contributed by atoms with Crippen LogP contribution in [0.3, 0.4) is 0 Å². The van der Waals surface area contributed by atoms with Crippen LogP contribution in [0.1, 0.15) is 16.2 Å². The SMILES string of the molecule is Cc1nc2ccccc2n1CCNC(=O)c1cccc(-c2c(F)cccc2F)c1. The summed E-state index contributed by atoms with van der Waals surface area (Å²) in [5.41, 5.74) is 2.46. The summed E-state index contributed by atoms with van der Waals surface area (Å²) in [6.07, 6.45) is 0. The van der Waals surface area contributed by atoms with Crippen molar-refractivity contribution in [1.82, 2.24) is 14.9 Å². The molecule has 0 radical (unpaired) electrons. The van der Waals surface area contributed by atoms with E-state index in [-0.39, 0.29) is 11.5 Å². The van der Waals surface area contributed by atoms with Gasteiger partial charge < -0.3 is 9.88 Å². The number of para-hydroxylation sites is 2. The number of aromatic nitrogens is 2. The van der Waals surface area contributed by atoms with Gasteiger partial charge in [0.1, 0.15) is 17.5 Å². The molecule has 0 aliphatic rings. The van der Waals surface area contributed by atoms with Crippen molar-refractivity contribution in [2.45, 2.75) is 13.5 Å². The van der Waals surface area contributed by atoms with E-state index in [2.05, 4.69) is 10.3 Å². The van der Waals surface area contributed by atoms with Crippen LogP contribution < -0.4 is 5.32 Å². The van der Waals surface area contributed by atoms with Gasteiger partial charge in [-0.25, -0.2) is 13.8 Å². The predicted octanol–water partition coefficient (Wildman–Crippen LogP) is 4.72. The summed E-state index contributed by atoms with van der Waals surface area (Å²) in [5, 5.41) is 2.86. The lowest BCUT2D eigenvalue weighted by atomic mass is 10.0. The Morgan fingerprint density at radius 2 is 1.72 bits per heavy atom. The van der Waals surface area contributed by atoms with E-state index in [1.807, 2.05) is 35.8 Å². The van der Waals surface area contributed by atoms with Crippen LogP contribution >= 0.6 is 0 Å². The van der Waals surface area contributed by atoms with Crippen molar-refractivity contribution in [3.05, 3.63) is 89.8 Å². The van der Waals surface area contributed by atoms with E-state index in [1.54, 1.807) is 18.2 Å². The summed E-state index contributed by atoms with van der Waals surface area (Å²) in [6.45, 7) is 2.90. The summed E-state index contributed by atoms with van der Waals surface area (Å²) < 4.78 is 30.1. The second-order valence-corrected chi connectivity index (χ2v) is 6.73. The molecule has 146 valence electrons. The maximum absolute atomic E-state index is 14.0. The van der Waals surface area contributed by atoms with Crippen molar-refractivity contribution < 1.29 is 13.6 Å². The zero-order valence-corrected chi connectivity index (χ0v) is 15.8. The first-order valence-corrected chi connectivity index (χ1v) is 9.29. The smallest absolute Gasteiger partial charge is 0.251 e. The number of halogens is 2. The number of hydrogen-bond donors (Lipinski definition) is 1. The standard InChI is InChI=1S/C23H19F2N3O/c1-15-27-20-10-2-3-11-21(20)28(15)13-12-26-23(29)17-7-4-6-16(14-17)22-18(24)8-5-9-19(22)25/h2-11,14H,12-13H2,1H3,(H,26,29). The number of benzene rings is 3. The van der Waals surface area contributed by atoms with Crippen molar-refractivity contribution in [2.75, 3.05) is 6.54 Å². The van der Waals surface area contributed by atoms with Crippen LogP contribution in [0.15, 0.2) is 66.7 Å². The van der Waals surface area contributed by atoms with Crippen LogP contribution in [0.5, 0.6) is 0 Å². The van der Waals surface area contributed by atoms with Gasteiger partial charge in [0.15, 0.2) is 0 Å². The fraction of sp³-hybridized carbons (Fsp3) is 0.130. The lowest BCUT2D eigenvalue weighted by Gasteiger charge is -2.10. The highest BCUT2D eigenvalue weighted by Gasteiger charge is 2.13. The first-order valence-electron chi connectivity index (χ1n) is 9.29. The van der Waals surface area contributed by atoms with Gasteiger partial charge in [0.05, 0.1) is 16.6 Å². The average Bonchev–Trinajstić information content (AvgIpc) is 3.03. The third kappa shape index (κ3) is 3.74. The molecule has 4 rings (SSSR count). The molecular formula is C23H19F2N3O. The van der Waals surface area contributed by atoms with E-state index in [4.69, 9.17) is 0 Å². The monoisotopic (exact) mass is 391 g/mol. The molecule has 1 aromatic heterocycles. The molecule has 4 nitrogen and oxygen atoms in total. The molecule has 0 spiro atoms. The molecule has 6 heteroatoms. The number of fused-ring (bicyclic) bond motifs is 1. The van der Waals surface area contributed by atoms with Crippen LogP contribution in [0.4, 0.5) is 8.78 Å². The highest BCUT2D eigenvalue weighted by atomic mass is 19.1. The molecular weight excluding hydrogens is 372 g/mol. The van der Waals surface area contributed by atoms with Crippen LogP contribution in [0.25, 0.3) is 22.2 Å². The molecule has 0 aliphatic carbocycles. The Labute approximate surface area is 166 Å². The number of nitrogens with one attached hydrogen (secondary N) is 1. The number of hydrogen-bond acceptors (Lipinski definition) is 2. The minimum Gasteiger partial charge on any atom is -0.350 e. The molecule has 0 atom stereocenters. The number of nitrogens with zero attached hydrogens (tertiary/aromatic N) is 2. The van der Waals surface area contributed by atoms with Crippen molar-refractivity contribution in [2.24, 2.45) is 0 Å². The number of imidazole rings is 1. The molecule has 1 amide bonds. The van der Waals surface area contributed by atoms with Crippen molar-refractivity contribution in [1.29, 1.82) is 0 Å². The molecule has 4 aromatic rings. The first kappa shape index (κ1) is 18.8. The fourth-order valence-corrected chi connectivity index (χ4v) is 3.45. The van der Waals surface area contributed by atoms with Crippen LogP contribution in [0.2, 0.25) is 0 Å². The Kier molecular flexibility index (Phi) is 5.08. The van der Waals surface area contributed by atoms with E-state index in [0.29, 0.717) is 24.2 Å². The minimum atomic E-state index is -0.662. The topological polar surface area (TPSA) is 46.9 Å². The molecule has 3 aromatic carbocycles. The Balaban J connectivity index is 1.49. The summed E-state index contributed by atoms with van der Waals surface area (Å²) >= 11 is 0. The number of amides is 1. The molecule has 0 fully saturated rings. The Bertz CT molecular complexity index is 1180. The summed E-state index contributed by atoms with van der Waals surface area (Å²) in [4.78, 5) is 17.1. The van der Waals surface area contributed by atoms with Gasteiger partial charge in [0, 0.05) is 18.7 Å². The molecule has 1 heterocycles. The predicted molar refractivity (Wildman–Crippen MR) is 109 cm³/mol. The van der Waals surface area contributed by atoms with Crippen LogP contribution in [0, 0.1) is 18.6 Å². The molecule has 0 unspecified atom stereocenters. The molecule has 1 N–H and O–H groups in total. The Morgan fingerprint density at radius 1 is 1.00 bits per heavy atom. The van der Waals surface area contributed by atoms with E-state index in [9.17, 15) is 13.6 Å². The van der Waals surface area contributed by atoms with E-state index < -0.39 is 11.6 Å². The highest BCUT2D eigenvalue weighted by Crippen LogP contribution is 2.26. The lowest BCUT2D eigenvalue weighted by Crippen LogP contribution is -2.27. The maximum Gasteiger partial charge on any atom is 0.251 e. The van der Waals surface area contributed by atoms with Gasteiger partial charge in [0.25, 0.3) is 5.91 Å². The fourth-order valence-electron chi connectivity index (χ4n) is 3.45. The van der Waals surface area contributed by atoms with Gasteiger partial charge in [-0.1, -0.05) is 30.3 Å². The van der Waals surface area contributed by atoms with E-state index in [0.717, 1.165) is 16.9 Å². The second-order valence-electron chi connectivity index (χ2n) is 6.73. The average molecular weight is 391 g/mol. The third-order valence-corrected chi connectivity index (χ3v) is 4.84. The zero-order valence-electron chi connectivity index (χ0n) is 15.8. The molecule has 0 aliphatic heterocycles. The Hall–Kier alpha value is -3.54. The molecule has 0 saturated heterocycles. The Morgan fingerprint density at radius 3 is 2.52 bits per heavy atom. The van der Waals surface area contributed by atoms with Crippen molar-refractivity contribution in [3.63, 3.8) is 0 Å². The molecule has 29 heavy (non-hydrogen) atoms. The van der Waals surface area contributed by atoms with E-state index in [1.165, 1.54) is 24.3 Å². The lowest BCUT2D eigenvalue weighted by molar-refractivity contribution is 0.0952. The van der Waals surface area contributed by atoms with E-state index >= 15 is 0 Å². The largest absolute Gasteiger partial charge is 0.350 e. The molecule has 0 bridgehead atoms. The van der Waals surface area contributed by atoms with Crippen LogP contribution in [-0.4, -0.2) is 22.0 Å². The number of rotatable bonds is 5. The van der Waals surface area contributed by atoms with Gasteiger partial charge >= 0.3 is 0 Å². The minimum absolute atomic E-state index is 0.136. The second kappa shape index (κ2) is 7.83. The number of carbonyl (C=O) groups is 1. The van der Waals surface area contributed by atoms with Crippen molar-refractivity contribution >= 4 is 16.9 Å². The molecule has 0 saturated carbocycles. The summed E-state index contributed by atoms with van der Waals surface area (Å²) in [5.74, 6) is -0.752. The van der Waals surface area contributed by atoms with Gasteiger partial charge in [0.2, 0.25) is 0 Å². The quantitative estimate of drug-likeness (QED) is 0.535. The van der Waals surface area contributed by atoms with Crippen LogP contribution in [-0.2, 0) is 6.54 Å². The maximum atomic E-state index is 14.0.